The Hall–Kier alpha value is -1.16. The number of rotatable bonds is 6. The second-order valence-electron chi connectivity index (χ2n) is 5.84. The zero-order chi connectivity index (χ0) is 17.5. The number of guanidine groups is 1. The summed E-state index contributed by atoms with van der Waals surface area (Å²) in [6.45, 7) is 6.85. The van der Waals surface area contributed by atoms with Crippen LogP contribution in [0.15, 0.2) is 38.3 Å². The van der Waals surface area contributed by atoms with E-state index in [4.69, 9.17) is 4.52 Å². The van der Waals surface area contributed by atoms with E-state index in [1.807, 2.05) is 32.0 Å². The van der Waals surface area contributed by atoms with Crippen LogP contribution in [-0.4, -0.2) is 29.7 Å². The van der Waals surface area contributed by atoms with Crippen molar-refractivity contribution in [3.05, 3.63) is 46.0 Å². The van der Waals surface area contributed by atoms with Gasteiger partial charge in [0, 0.05) is 30.4 Å². The molecule has 0 bridgehead atoms. The van der Waals surface area contributed by atoms with E-state index >= 15 is 0 Å². The van der Waals surface area contributed by atoms with E-state index in [0.717, 1.165) is 16.3 Å². The number of halogens is 2. The molecule has 0 saturated carbocycles. The second-order valence-corrected chi connectivity index (χ2v) is 6.69. The molecule has 1 aromatic heterocycles. The van der Waals surface area contributed by atoms with Crippen LogP contribution in [0.2, 0.25) is 0 Å². The van der Waals surface area contributed by atoms with Gasteiger partial charge in [-0.15, -0.1) is 24.0 Å². The zero-order valence-corrected chi connectivity index (χ0v) is 18.8. The van der Waals surface area contributed by atoms with Crippen molar-refractivity contribution < 1.29 is 4.52 Å². The maximum absolute atomic E-state index is 5.24. The Labute approximate surface area is 174 Å². The van der Waals surface area contributed by atoms with Gasteiger partial charge in [-0.3, -0.25) is 4.99 Å². The molecule has 2 aromatic rings. The fourth-order valence-electron chi connectivity index (χ4n) is 2.20. The lowest BCUT2D eigenvalue weighted by Crippen LogP contribution is -2.39. The molecule has 0 aliphatic heterocycles. The molecule has 0 radical (unpaired) electrons. The first kappa shape index (κ1) is 21.9. The Kier molecular flexibility index (Phi) is 9.41. The SMILES string of the molecule is CN=C(NCCc1nc(C(C)C)no1)NC(C)c1ccccc1Br.I. The molecule has 0 aliphatic carbocycles. The summed E-state index contributed by atoms with van der Waals surface area (Å²) >= 11 is 3.58. The molecule has 0 fully saturated rings. The van der Waals surface area contributed by atoms with Crippen molar-refractivity contribution in [2.75, 3.05) is 13.6 Å². The van der Waals surface area contributed by atoms with Crippen molar-refractivity contribution in [3.8, 4) is 0 Å². The van der Waals surface area contributed by atoms with E-state index in [-0.39, 0.29) is 35.9 Å². The van der Waals surface area contributed by atoms with Gasteiger partial charge in [-0.2, -0.15) is 4.98 Å². The molecule has 1 heterocycles. The lowest BCUT2D eigenvalue weighted by Gasteiger charge is -2.19. The van der Waals surface area contributed by atoms with Gasteiger partial charge in [0.15, 0.2) is 11.8 Å². The third-order valence-corrected chi connectivity index (χ3v) is 4.30. The van der Waals surface area contributed by atoms with E-state index in [1.165, 1.54) is 5.56 Å². The van der Waals surface area contributed by atoms with Crippen molar-refractivity contribution >= 4 is 45.9 Å². The molecule has 2 rings (SSSR count). The number of benzene rings is 1. The van der Waals surface area contributed by atoms with Crippen molar-refractivity contribution in [1.29, 1.82) is 0 Å². The maximum atomic E-state index is 5.24. The lowest BCUT2D eigenvalue weighted by atomic mass is 10.1. The molecule has 0 spiro atoms. The van der Waals surface area contributed by atoms with Crippen LogP contribution in [0, 0.1) is 0 Å². The van der Waals surface area contributed by atoms with E-state index < -0.39 is 0 Å². The molecule has 25 heavy (non-hydrogen) atoms. The highest BCUT2D eigenvalue weighted by molar-refractivity contribution is 14.0. The van der Waals surface area contributed by atoms with Crippen LogP contribution in [0.3, 0.4) is 0 Å². The van der Waals surface area contributed by atoms with Crippen LogP contribution >= 0.6 is 39.9 Å². The molecule has 0 aliphatic rings. The molecule has 0 amide bonds. The zero-order valence-electron chi connectivity index (χ0n) is 14.9. The molecule has 8 heteroatoms. The number of hydrogen-bond donors (Lipinski definition) is 2. The molecular weight excluding hydrogens is 497 g/mol. The molecule has 1 aromatic carbocycles. The highest BCUT2D eigenvalue weighted by Crippen LogP contribution is 2.22. The fraction of sp³-hybridized carbons (Fsp3) is 0.471. The smallest absolute Gasteiger partial charge is 0.228 e. The summed E-state index contributed by atoms with van der Waals surface area (Å²) in [7, 11) is 1.76. The molecule has 1 unspecified atom stereocenters. The monoisotopic (exact) mass is 521 g/mol. The Morgan fingerprint density at radius 1 is 1.28 bits per heavy atom. The first-order valence-electron chi connectivity index (χ1n) is 8.05. The molecular formula is C17H25BrIN5O. The van der Waals surface area contributed by atoms with Gasteiger partial charge in [-0.05, 0) is 18.6 Å². The largest absolute Gasteiger partial charge is 0.356 e. The van der Waals surface area contributed by atoms with Crippen LogP contribution in [-0.2, 0) is 6.42 Å². The third-order valence-electron chi connectivity index (χ3n) is 3.58. The predicted octanol–water partition coefficient (Wildman–Crippen LogP) is 4.04. The number of aliphatic imine (C=N–C) groups is 1. The minimum atomic E-state index is 0. The van der Waals surface area contributed by atoms with Gasteiger partial charge in [0.25, 0.3) is 0 Å². The molecule has 0 saturated heterocycles. The van der Waals surface area contributed by atoms with Crippen LogP contribution in [0.1, 0.15) is 50.0 Å². The van der Waals surface area contributed by atoms with Crippen molar-refractivity contribution in [2.45, 2.75) is 39.2 Å². The van der Waals surface area contributed by atoms with Crippen molar-refractivity contribution in [2.24, 2.45) is 4.99 Å². The minimum absolute atomic E-state index is 0. The number of nitrogens with zero attached hydrogens (tertiary/aromatic N) is 3. The second kappa shape index (κ2) is 10.7. The summed E-state index contributed by atoms with van der Waals surface area (Å²) in [4.78, 5) is 8.63. The standard InChI is InChI=1S/C17H24BrN5O.HI/c1-11(2)16-22-15(24-23-16)9-10-20-17(19-4)21-12(3)13-7-5-6-8-14(13)18;/h5-8,11-12H,9-10H2,1-4H3,(H2,19,20,21);1H. The Balaban J connectivity index is 0.00000312. The number of nitrogens with one attached hydrogen (secondary N) is 2. The summed E-state index contributed by atoms with van der Waals surface area (Å²) < 4.78 is 6.32. The average molecular weight is 522 g/mol. The van der Waals surface area contributed by atoms with Gasteiger partial charge in [0.1, 0.15) is 0 Å². The van der Waals surface area contributed by atoms with E-state index in [1.54, 1.807) is 7.05 Å². The van der Waals surface area contributed by atoms with Gasteiger partial charge < -0.3 is 15.2 Å². The number of hydrogen-bond acceptors (Lipinski definition) is 4. The van der Waals surface area contributed by atoms with E-state index in [2.05, 4.69) is 54.7 Å². The Morgan fingerprint density at radius 2 is 2.00 bits per heavy atom. The van der Waals surface area contributed by atoms with Crippen LogP contribution in [0.4, 0.5) is 0 Å². The van der Waals surface area contributed by atoms with Gasteiger partial charge in [0.2, 0.25) is 5.89 Å². The average Bonchev–Trinajstić information content (AvgIpc) is 3.03. The van der Waals surface area contributed by atoms with Gasteiger partial charge in [0.05, 0.1) is 6.04 Å². The quantitative estimate of drug-likeness (QED) is 0.341. The summed E-state index contributed by atoms with van der Waals surface area (Å²) in [5, 5.41) is 10.6. The summed E-state index contributed by atoms with van der Waals surface area (Å²) in [6, 6.07) is 8.27. The molecule has 6 nitrogen and oxygen atoms in total. The highest BCUT2D eigenvalue weighted by atomic mass is 127. The first-order chi connectivity index (χ1) is 11.5. The van der Waals surface area contributed by atoms with Gasteiger partial charge >= 0.3 is 0 Å². The van der Waals surface area contributed by atoms with E-state index in [0.29, 0.717) is 18.9 Å². The summed E-state index contributed by atoms with van der Waals surface area (Å²) in [6.07, 6.45) is 0.657. The predicted molar refractivity (Wildman–Crippen MR) is 115 cm³/mol. The highest BCUT2D eigenvalue weighted by Gasteiger charge is 2.12. The van der Waals surface area contributed by atoms with Gasteiger partial charge in [-0.1, -0.05) is 53.1 Å². The fourth-order valence-corrected chi connectivity index (χ4v) is 2.82. The normalized spacial score (nSPS) is 12.6. The molecule has 2 N–H and O–H groups in total. The lowest BCUT2D eigenvalue weighted by molar-refractivity contribution is 0.371. The first-order valence-corrected chi connectivity index (χ1v) is 8.84. The van der Waals surface area contributed by atoms with Crippen LogP contribution in [0.5, 0.6) is 0 Å². The Morgan fingerprint density at radius 3 is 2.60 bits per heavy atom. The van der Waals surface area contributed by atoms with Crippen molar-refractivity contribution in [1.82, 2.24) is 20.8 Å². The third kappa shape index (κ3) is 6.58. The number of aromatic nitrogens is 2. The van der Waals surface area contributed by atoms with E-state index in [9.17, 15) is 0 Å². The van der Waals surface area contributed by atoms with Crippen molar-refractivity contribution in [3.63, 3.8) is 0 Å². The summed E-state index contributed by atoms with van der Waals surface area (Å²) in [5.74, 6) is 2.40. The summed E-state index contributed by atoms with van der Waals surface area (Å²) in [5.41, 5.74) is 1.18. The van der Waals surface area contributed by atoms with Crippen LogP contribution < -0.4 is 10.6 Å². The molecule has 138 valence electrons. The molecule has 1 atom stereocenters. The van der Waals surface area contributed by atoms with Crippen LogP contribution in [0.25, 0.3) is 0 Å². The van der Waals surface area contributed by atoms with Gasteiger partial charge in [-0.25, -0.2) is 0 Å². The Bertz CT molecular complexity index is 689. The minimum Gasteiger partial charge on any atom is -0.356 e. The topological polar surface area (TPSA) is 75.3 Å². The maximum Gasteiger partial charge on any atom is 0.228 e.